The van der Waals surface area contributed by atoms with Crippen LogP contribution in [-0.2, 0) is 6.54 Å². The maximum absolute atomic E-state index is 13.2. The lowest BCUT2D eigenvalue weighted by Crippen LogP contribution is -2.45. The van der Waals surface area contributed by atoms with Gasteiger partial charge in [0, 0.05) is 19.1 Å². The van der Waals surface area contributed by atoms with Crippen LogP contribution in [0.4, 0.5) is 4.39 Å². The molecule has 2 rings (SSSR count). The molecule has 1 unspecified atom stereocenters. The van der Waals surface area contributed by atoms with Crippen molar-refractivity contribution < 1.29 is 4.39 Å². The molecule has 1 aromatic carbocycles. The zero-order chi connectivity index (χ0) is 14.4. The molecule has 1 fully saturated rings. The molecule has 0 bridgehead atoms. The van der Waals surface area contributed by atoms with E-state index in [4.69, 9.17) is 11.6 Å². The number of hydrogen-bond donors (Lipinski definition) is 1. The predicted molar refractivity (Wildman–Crippen MR) is 82.6 cm³/mol. The number of likely N-dealkylation sites (tertiary alicyclic amines) is 1. The summed E-state index contributed by atoms with van der Waals surface area (Å²) in [6, 6.07) is 5.64. The summed E-state index contributed by atoms with van der Waals surface area (Å²) in [7, 11) is 0. The second-order valence-corrected chi connectivity index (χ2v) is 5.98. The highest BCUT2D eigenvalue weighted by atomic mass is 35.5. The largest absolute Gasteiger partial charge is 0.315 e. The molecule has 1 aliphatic heterocycles. The Labute approximate surface area is 126 Å². The van der Waals surface area contributed by atoms with Gasteiger partial charge in [-0.05, 0) is 50.0 Å². The van der Waals surface area contributed by atoms with Crippen molar-refractivity contribution in [3.8, 4) is 0 Å². The Morgan fingerprint density at radius 1 is 1.40 bits per heavy atom. The Hall–Kier alpha value is -0.640. The highest BCUT2D eigenvalue weighted by molar-refractivity contribution is 6.30. The van der Waals surface area contributed by atoms with Crippen LogP contribution in [0.1, 0.15) is 38.2 Å². The van der Waals surface area contributed by atoms with Crippen molar-refractivity contribution in [1.29, 1.82) is 0 Å². The number of nitrogens with zero attached hydrogens (tertiary/aromatic N) is 1. The first-order valence-electron chi connectivity index (χ1n) is 7.59. The average Bonchev–Trinajstić information content (AvgIpc) is 2.45. The van der Waals surface area contributed by atoms with Crippen molar-refractivity contribution in [2.45, 2.75) is 45.2 Å². The molecule has 1 aliphatic rings. The van der Waals surface area contributed by atoms with Gasteiger partial charge < -0.3 is 5.32 Å². The summed E-state index contributed by atoms with van der Waals surface area (Å²) >= 11 is 5.86. The van der Waals surface area contributed by atoms with Crippen LogP contribution in [-0.4, -0.2) is 30.6 Å². The number of rotatable bonds is 6. The number of piperidine rings is 1. The van der Waals surface area contributed by atoms with E-state index in [0.29, 0.717) is 6.04 Å². The molecule has 20 heavy (non-hydrogen) atoms. The minimum atomic E-state index is -0.338. The molecule has 1 aromatic rings. The van der Waals surface area contributed by atoms with Crippen molar-refractivity contribution in [2.75, 3.05) is 19.6 Å². The molecule has 0 amide bonds. The Balaban J connectivity index is 1.95. The summed E-state index contributed by atoms with van der Waals surface area (Å²) in [5, 5.41) is 3.74. The minimum absolute atomic E-state index is 0.222. The quantitative estimate of drug-likeness (QED) is 0.803. The highest BCUT2D eigenvalue weighted by Crippen LogP contribution is 2.22. The first kappa shape index (κ1) is 15.7. The highest BCUT2D eigenvalue weighted by Gasteiger charge is 2.22. The van der Waals surface area contributed by atoms with Gasteiger partial charge in [0.1, 0.15) is 5.82 Å². The molecule has 4 heteroatoms. The maximum atomic E-state index is 13.2. The molecular weight excluding hydrogens is 275 g/mol. The second-order valence-electron chi connectivity index (χ2n) is 5.57. The maximum Gasteiger partial charge on any atom is 0.141 e. The Morgan fingerprint density at radius 3 is 3.00 bits per heavy atom. The molecule has 2 nitrogen and oxygen atoms in total. The van der Waals surface area contributed by atoms with Crippen LogP contribution >= 0.6 is 11.6 Å². The van der Waals surface area contributed by atoms with E-state index in [1.54, 1.807) is 6.07 Å². The normalized spacial score (nSPS) is 20.2. The van der Waals surface area contributed by atoms with Crippen molar-refractivity contribution in [2.24, 2.45) is 0 Å². The van der Waals surface area contributed by atoms with Crippen LogP contribution < -0.4 is 5.32 Å². The molecule has 112 valence electrons. The van der Waals surface area contributed by atoms with Crippen LogP contribution in [0.2, 0.25) is 5.02 Å². The average molecular weight is 299 g/mol. The van der Waals surface area contributed by atoms with Crippen LogP contribution in [0.25, 0.3) is 0 Å². The fourth-order valence-corrected chi connectivity index (χ4v) is 3.02. The van der Waals surface area contributed by atoms with Crippen molar-refractivity contribution in [1.82, 2.24) is 10.2 Å². The van der Waals surface area contributed by atoms with Gasteiger partial charge in [-0.2, -0.15) is 0 Å². The standard InChI is InChI=1S/C16H24ClFN2/c1-2-8-19-11-14-5-3-4-9-20(14)12-13-6-7-16(18)15(17)10-13/h6-7,10,14,19H,2-5,8-9,11-12H2,1H3. The van der Waals surface area contributed by atoms with Gasteiger partial charge in [-0.15, -0.1) is 0 Å². The van der Waals surface area contributed by atoms with Crippen LogP contribution in [0.3, 0.4) is 0 Å². The summed E-state index contributed by atoms with van der Waals surface area (Å²) < 4.78 is 13.2. The van der Waals surface area contributed by atoms with Crippen molar-refractivity contribution in [3.05, 3.63) is 34.6 Å². The lowest BCUT2D eigenvalue weighted by Gasteiger charge is -2.36. The molecule has 0 saturated carbocycles. The van der Waals surface area contributed by atoms with E-state index in [2.05, 4.69) is 17.1 Å². The fourth-order valence-electron chi connectivity index (χ4n) is 2.82. The van der Waals surface area contributed by atoms with E-state index in [-0.39, 0.29) is 10.8 Å². The zero-order valence-electron chi connectivity index (χ0n) is 12.2. The predicted octanol–water partition coefficient (Wildman–Crippen LogP) is 3.83. The van der Waals surface area contributed by atoms with Gasteiger partial charge in [0.2, 0.25) is 0 Å². The molecule has 1 heterocycles. The van der Waals surface area contributed by atoms with E-state index in [1.807, 2.05) is 6.07 Å². The Bertz CT molecular complexity index is 425. The monoisotopic (exact) mass is 298 g/mol. The van der Waals surface area contributed by atoms with Crippen LogP contribution in [0, 0.1) is 5.82 Å². The molecule has 0 aromatic heterocycles. The SMILES string of the molecule is CCCNCC1CCCCN1Cc1ccc(F)c(Cl)c1. The van der Waals surface area contributed by atoms with E-state index >= 15 is 0 Å². The van der Waals surface area contributed by atoms with Gasteiger partial charge in [-0.25, -0.2) is 4.39 Å². The second kappa shape index (κ2) is 7.96. The van der Waals surface area contributed by atoms with Crippen molar-refractivity contribution in [3.63, 3.8) is 0 Å². The van der Waals surface area contributed by atoms with Crippen LogP contribution in [0.15, 0.2) is 18.2 Å². The third-order valence-electron chi connectivity index (χ3n) is 3.93. The fraction of sp³-hybridized carbons (Fsp3) is 0.625. The Morgan fingerprint density at radius 2 is 2.25 bits per heavy atom. The molecule has 1 N–H and O–H groups in total. The van der Waals surface area contributed by atoms with Gasteiger partial charge in [-0.3, -0.25) is 4.90 Å². The summed E-state index contributed by atoms with van der Waals surface area (Å²) in [5.41, 5.74) is 1.10. The summed E-state index contributed by atoms with van der Waals surface area (Å²) in [6.07, 6.45) is 4.96. The van der Waals surface area contributed by atoms with E-state index in [0.717, 1.165) is 31.7 Å². The number of hydrogen-bond acceptors (Lipinski definition) is 2. The number of nitrogens with one attached hydrogen (secondary N) is 1. The first-order chi connectivity index (χ1) is 9.70. The smallest absolute Gasteiger partial charge is 0.141 e. The van der Waals surface area contributed by atoms with Gasteiger partial charge in [0.25, 0.3) is 0 Å². The topological polar surface area (TPSA) is 15.3 Å². The number of benzene rings is 1. The molecule has 0 aliphatic carbocycles. The summed E-state index contributed by atoms with van der Waals surface area (Å²) in [5.74, 6) is -0.338. The third-order valence-corrected chi connectivity index (χ3v) is 4.22. The lowest BCUT2D eigenvalue weighted by molar-refractivity contribution is 0.137. The lowest BCUT2D eigenvalue weighted by atomic mass is 10.0. The van der Waals surface area contributed by atoms with Crippen LogP contribution in [0.5, 0.6) is 0 Å². The third kappa shape index (κ3) is 4.44. The van der Waals surface area contributed by atoms with Gasteiger partial charge in [-0.1, -0.05) is 31.0 Å². The molecular formula is C16H24ClFN2. The minimum Gasteiger partial charge on any atom is -0.315 e. The first-order valence-corrected chi connectivity index (χ1v) is 7.97. The van der Waals surface area contributed by atoms with E-state index in [9.17, 15) is 4.39 Å². The Kier molecular flexibility index (Phi) is 6.27. The molecule has 1 saturated heterocycles. The van der Waals surface area contributed by atoms with E-state index < -0.39 is 0 Å². The molecule has 0 spiro atoms. The van der Waals surface area contributed by atoms with Gasteiger partial charge in [0.15, 0.2) is 0 Å². The number of halogens is 2. The van der Waals surface area contributed by atoms with Gasteiger partial charge >= 0.3 is 0 Å². The van der Waals surface area contributed by atoms with E-state index in [1.165, 1.54) is 31.7 Å². The van der Waals surface area contributed by atoms with Gasteiger partial charge in [0.05, 0.1) is 5.02 Å². The van der Waals surface area contributed by atoms with Crippen molar-refractivity contribution >= 4 is 11.6 Å². The summed E-state index contributed by atoms with van der Waals surface area (Å²) in [6.45, 7) is 6.29. The summed E-state index contributed by atoms with van der Waals surface area (Å²) in [4.78, 5) is 2.50. The molecule has 1 atom stereocenters. The zero-order valence-corrected chi connectivity index (χ0v) is 12.9. The molecule has 0 radical (unpaired) electrons.